The Labute approximate surface area is 108 Å². The lowest BCUT2D eigenvalue weighted by molar-refractivity contribution is 0.134. The standard InChI is InChI=1S/C13H19NO3S/c1-10-4-2-6-12(8-10)18(16,17)14-9-11-5-3-7-13(11)15/h2,4,6,8,11,13-15H,3,5,7,9H2,1H3. The van der Waals surface area contributed by atoms with Crippen molar-refractivity contribution < 1.29 is 13.5 Å². The normalized spacial score (nSPS) is 24.3. The maximum atomic E-state index is 12.1. The first-order valence-electron chi connectivity index (χ1n) is 6.23. The van der Waals surface area contributed by atoms with Gasteiger partial charge in [-0.1, -0.05) is 18.6 Å². The molecule has 0 saturated heterocycles. The van der Waals surface area contributed by atoms with Crippen molar-refractivity contribution in [3.8, 4) is 0 Å². The summed E-state index contributed by atoms with van der Waals surface area (Å²) in [6.07, 6.45) is 2.26. The maximum absolute atomic E-state index is 12.1. The smallest absolute Gasteiger partial charge is 0.240 e. The molecular formula is C13H19NO3S. The molecule has 0 heterocycles. The summed E-state index contributed by atoms with van der Waals surface area (Å²) in [5, 5.41) is 9.67. The number of hydrogen-bond donors (Lipinski definition) is 2. The van der Waals surface area contributed by atoms with Crippen LogP contribution in [0.4, 0.5) is 0 Å². The number of sulfonamides is 1. The van der Waals surface area contributed by atoms with Crippen LogP contribution in [-0.4, -0.2) is 26.2 Å². The minimum absolute atomic E-state index is 0.0459. The van der Waals surface area contributed by atoms with Gasteiger partial charge in [-0.2, -0.15) is 0 Å². The Hall–Kier alpha value is -0.910. The van der Waals surface area contributed by atoms with Crippen molar-refractivity contribution in [3.63, 3.8) is 0 Å². The van der Waals surface area contributed by atoms with Crippen molar-refractivity contribution in [3.05, 3.63) is 29.8 Å². The molecule has 0 aliphatic heterocycles. The van der Waals surface area contributed by atoms with E-state index in [0.717, 1.165) is 24.8 Å². The van der Waals surface area contributed by atoms with Crippen molar-refractivity contribution in [2.75, 3.05) is 6.54 Å². The van der Waals surface area contributed by atoms with Crippen LogP contribution in [-0.2, 0) is 10.0 Å². The van der Waals surface area contributed by atoms with Crippen LogP contribution in [0.3, 0.4) is 0 Å². The molecule has 1 aliphatic carbocycles. The van der Waals surface area contributed by atoms with Crippen LogP contribution in [0.5, 0.6) is 0 Å². The Bertz CT molecular complexity index is 513. The number of aryl methyl sites for hydroxylation is 1. The third kappa shape index (κ3) is 3.10. The van der Waals surface area contributed by atoms with Crippen LogP contribution >= 0.6 is 0 Å². The highest BCUT2D eigenvalue weighted by Crippen LogP contribution is 2.25. The van der Waals surface area contributed by atoms with Crippen LogP contribution in [0.1, 0.15) is 24.8 Å². The first-order chi connectivity index (χ1) is 8.49. The van der Waals surface area contributed by atoms with E-state index in [9.17, 15) is 13.5 Å². The van der Waals surface area contributed by atoms with Gasteiger partial charge >= 0.3 is 0 Å². The topological polar surface area (TPSA) is 66.4 Å². The third-order valence-corrected chi connectivity index (χ3v) is 4.88. The summed E-state index contributed by atoms with van der Waals surface area (Å²) in [6, 6.07) is 6.82. The summed E-state index contributed by atoms with van der Waals surface area (Å²) in [4.78, 5) is 0.287. The van der Waals surface area contributed by atoms with E-state index < -0.39 is 10.0 Å². The van der Waals surface area contributed by atoms with Gasteiger partial charge in [0.15, 0.2) is 0 Å². The lowest BCUT2D eigenvalue weighted by atomic mass is 10.1. The highest BCUT2D eigenvalue weighted by molar-refractivity contribution is 7.89. The van der Waals surface area contributed by atoms with E-state index in [4.69, 9.17) is 0 Å². The molecule has 0 aromatic heterocycles. The number of nitrogens with one attached hydrogen (secondary N) is 1. The molecule has 0 bridgehead atoms. The van der Waals surface area contributed by atoms with Crippen molar-refractivity contribution in [2.24, 2.45) is 5.92 Å². The predicted molar refractivity (Wildman–Crippen MR) is 69.7 cm³/mol. The zero-order valence-corrected chi connectivity index (χ0v) is 11.3. The zero-order valence-electron chi connectivity index (χ0n) is 10.5. The van der Waals surface area contributed by atoms with Crippen molar-refractivity contribution >= 4 is 10.0 Å². The molecule has 0 radical (unpaired) electrons. The second kappa shape index (κ2) is 5.38. The van der Waals surface area contributed by atoms with Gasteiger partial charge in [0.05, 0.1) is 11.0 Å². The Kier molecular flexibility index (Phi) is 4.04. The van der Waals surface area contributed by atoms with E-state index >= 15 is 0 Å². The van der Waals surface area contributed by atoms with Gasteiger partial charge in [0.25, 0.3) is 0 Å². The SMILES string of the molecule is Cc1cccc(S(=O)(=O)NCC2CCCC2O)c1. The molecule has 18 heavy (non-hydrogen) atoms. The molecule has 1 aromatic rings. The highest BCUT2D eigenvalue weighted by atomic mass is 32.2. The summed E-state index contributed by atoms with van der Waals surface area (Å²) >= 11 is 0. The van der Waals surface area contributed by atoms with E-state index in [1.807, 2.05) is 13.0 Å². The zero-order chi connectivity index (χ0) is 13.2. The van der Waals surface area contributed by atoms with Gasteiger partial charge in [0.1, 0.15) is 0 Å². The molecule has 1 saturated carbocycles. The summed E-state index contributed by atoms with van der Waals surface area (Å²) in [5.41, 5.74) is 0.916. The van der Waals surface area contributed by atoms with E-state index in [0.29, 0.717) is 6.54 Å². The molecule has 100 valence electrons. The quantitative estimate of drug-likeness (QED) is 0.869. The molecule has 0 spiro atoms. The van der Waals surface area contributed by atoms with Crippen molar-refractivity contribution in [1.29, 1.82) is 0 Å². The maximum Gasteiger partial charge on any atom is 0.240 e. The number of hydrogen-bond acceptors (Lipinski definition) is 3. The Morgan fingerprint density at radius 1 is 1.39 bits per heavy atom. The Balaban J connectivity index is 2.03. The lowest BCUT2D eigenvalue weighted by Crippen LogP contribution is -2.32. The van der Waals surface area contributed by atoms with Crippen LogP contribution in [0.2, 0.25) is 0 Å². The average Bonchev–Trinajstić information content (AvgIpc) is 2.72. The molecule has 1 aliphatic rings. The summed E-state index contributed by atoms with van der Waals surface area (Å²) in [6.45, 7) is 2.18. The minimum Gasteiger partial charge on any atom is -0.393 e. The first-order valence-corrected chi connectivity index (χ1v) is 7.72. The lowest BCUT2D eigenvalue weighted by Gasteiger charge is -2.15. The van der Waals surface area contributed by atoms with Gasteiger partial charge in [-0.25, -0.2) is 13.1 Å². The van der Waals surface area contributed by atoms with Crippen molar-refractivity contribution in [2.45, 2.75) is 37.2 Å². The van der Waals surface area contributed by atoms with E-state index in [1.165, 1.54) is 0 Å². The number of rotatable bonds is 4. The summed E-state index contributed by atoms with van der Waals surface area (Å²) in [7, 11) is -3.45. The van der Waals surface area contributed by atoms with Gasteiger partial charge in [0.2, 0.25) is 10.0 Å². The van der Waals surface area contributed by atoms with Crippen LogP contribution in [0.25, 0.3) is 0 Å². The van der Waals surface area contributed by atoms with Gasteiger partial charge in [-0.15, -0.1) is 0 Å². The Morgan fingerprint density at radius 3 is 2.78 bits per heavy atom. The van der Waals surface area contributed by atoms with Crippen LogP contribution < -0.4 is 4.72 Å². The van der Waals surface area contributed by atoms with Crippen molar-refractivity contribution in [1.82, 2.24) is 4.72 Å². The molecule has 5 heteroatoms. The number of benzene rings is 1. The van der Waals surface area contributed by atoms with Crippen LogP contribution in [0.15, 0.2) is 29.2 Å². The summed E-state index contributed by atoms with van der Waals surface area (Å²) < 4.78 is 26.7. The fourth-order valence-electron chi connectivity index (χ4n) is 2.34. The molecule has 2 N–H and O–H groups in total. The first kappa shape index (κ1) is 13.5. The van der Waals surface area contributed by atoms with Gasteiger partial charge < -0.3 is 5.11 Å². The summed E-state index contributed by atoms with van der Waals surface area (Å²) in [5.74, 6) is 0.0459. The molecule has 2 atom stereocenters. The predicted octanol–water partition coefficient (Wildman–Crippen LogP) is 1.43. The number of aliphatic hydroxyl groups excluding tert-OH is 1. The van der Waals surface area contributed by atoms with E-state index in [-0.39, 0.29) is 16.9 Å². The average molecular weight is 269 g/mol. The molecule has 2 unspecified atom stereocenters. The fraction of sp³-hybridized carbons (Fsp3) is 0.538. The number of aliphatic hydroxyl groups is 1. The van der Waals surface area contributed by atoms with E-state index in [2.05, 4.69) is 4.72 Å². The second-order valence-electron chi connectivity index (χ2n) is 4.93. The van der Waals surface area contributed by atoms with Gasteiger partial charge in [0, 0.05) is 6.54 Å². The molecule has 0 amide bonds. The van der Waals surface area contributed by atoms with Crippen LogP contribution in [0, 0.1) is 12.8 Å². The molecule has 2 rings (SSSR count). The van der Waals surface area contributed by atoms with Gasteiger partial charge in [-0.05, 0) is 43.4 Å². The molecule has 4 nitrogen and oxygen atoms in total. The Morgan fingerprint density at radius 2 is 2.17 bits per heavy atom. The monoisotopic (exact) mass is 269 g/mol. The minimum atomic E-state index is -3.45. The second-order valence-corrected chi connectivity index (χ2v) is 6.69. The van der Waals surface area contributed by atoms with Gasteiger partial charge in [-0.3, -0.25) is 0 Å². The third-order valence-electron chi connectivity index (χ3n) is 3.45. The fourth-order valence-corrected chi connectivity index (χ4v) is 3.54. The molecule has 1 aromatic carbocycles. The largest absolute Gasteiger partial charge is 0.393 e. The van der Waals surface area contributed by atoms with E-state index in [1.54, 1.807) is 18.2 Å². The molecule has 1 fully saturated rings. The highest BCUT2D eigenvalue weighted by Gasteiger charge is 2.26. The molecular weight excluding hydrogens is 250 g/mol.